The highest BCUT2D eigenvalue weighted by Gasteiger charge is 2.12. The number of thioether (sulfide) groups is 1. The van der Waals surface area contributed by atoms with Crippen molar-refractivity contribution in [3.63, 3.8) is 0 Å². The van der Waals surface area contributed by atoms with Crippen LogP contribution in [0.3, 0.4) is 0 Å². The number of hydrogen-bond acceptors (Lipinski definition) is 3. The summed E-state index contributed by atoms with van der Waals surface area (Å²) in [7, 11) is 0. The van der Waals surface area contributed by atoms with Crippen molar-refractivity contribution >= 4 is 11.8 Å². The molecule has 0 spiro atoms. The van der Waals surface area contributed by atoms with Crippen LogP contribution in [0.5, 0.6) is 5.75 Å². The number of benzene rings is 1. The Hall–Kier alpha value is -0.670. The molecule has 0 aromatic heterocycles. The minimum atomic E-state index is 0.438. The van der Waals surface area contributed by atoms with Gasteiger partial charge < -0.3 is 10.4 Å². The van der Waals surface area contributed by atoms with Crippen molar-refractivity contribution < 1.29 is 5.11 Å². The molecule has 0 atom stereocenters. The van der Waals surface area contributed by atoms with Crippen molar-refractivity contribution in [1.29, 1.82) is 0 Å². The number of aromatic hydroxyl groups is 1. The summed E-state index contributed by atoms with van der Waals surface area (Å²) in [5.41, 5.74) is 1.07. The summed E-state index contributed by atoms with van der Waals surface area (Å²) in [6.07, 6.45) is 3.54. The Morgan fingerprint density at radius 3 is 2.75 bits per heavy atom. The van der Waals surface area contributed by atoms with Crippen LogP contribution in [0.25, 0.3) is 0 Å². The average Bonchev–Trinajstić information content (AvgIpc) is 2.33. The molecule has 1 heterocycles. The molecule has 2 N–H and O–H groups in total. The number of phenols is 1. The van der Waals surface area contributed by atoms with Crippen molar-refractivity contribution in [2.75, 3.05) is 18.8 Å². The lowest BCUT2D eigenvalue weighted by Crippen LogP contribution is -2.29. The quantitative estimate of drug-likeness (QED) is 0.843. The van der Waals surface area contributed by atoms with Crippen molar-refractivity contribution in [3.8, 4) is 5.75 Å². The molecule has 0 bridgehead atoms. The fourth-order valence-electron chi connectivity index (χ4n) is 2.02. The smallest absolute Gasteiger partial charge is 0.118 e. The van der Waals surface area contributed by atoms with Crippen LogP contribution in [0.2, 0.25) is 0 Å². The molecular formula is C13H19NOS. The maximum Gasteiger partial charge on any atom is 0.118 e. The van der Waals surface area contributed by atoms with Gasteiger partial charge in [0.05, 0.1) is 0 Å². The molecule has 0 unspecified atom stereocenters. The second-order valence-electron chi connectivity index (χ2n) is 4.20. The summed E-state index contributed by atoms with van der Waals surface area (Å²) >= 11 is 2.05. The van der Waals surface area contributed by atoms with E-state index in [1.54, 1.807) is 6.07 Å². The highest BCUT2D eigenvalue weighted by Crippen LogP contribution is 2.23. The minimum absolute atomic E-state index is 0.438. The SMILES string of the molecule is Oc1ccccc1CCSC1CCNCC1. The highest BCUT2D eigenvalue weighted by atomic mass is 32.2. The minimum Gasteiger partial charge on any atom is -0.508 e. The fraction of sp³-hybridized carbons (Fsp3) is 0.538. The normalized spacial score (nSPS) is 17.5. The van der Waals surface area contributed by atoms with Crippen molar-refractivity contribution in [3.05, 3.63) is 29.8 Å². The standard InChI is InChI=1S/C13H19NOS/c15-13-4-2-1-3-11(13)7-10-16-12-5-8-14-9-6-12/h1-4,12,14-15H,5-10H2. The van der Waals surface area contributed by atoms with Gasteiger partial charge in [-0.1, -0.05) is 18.2 Å². The second kappa shape index (κ2) is 6.16. The van der Waals surface area contributed by atoms with E-state index in [0.29, 0.717) is 5.75 Å². The van der Waals surface area contributed by atoms with E-state index >= 15 is 0 Å². The molecule has 2 rings (SSSR count). The van der Waals surface area contributed by atoms with Crippen LogP contribution < -0.4 is 5.32 Å². The van der Waals surface area contributed by atoms with Crippen LogP contribution in [0.15, 0.2) is 24.3 Å². The maximum absolute atomic E-state index is 9.63. The van der Waals surface area contributed by atoms with E-state index < -0.39 is 0 Å². The van der Waals surface area contributed by atoms with E-state index in [1.165, 1.54) is 12.8 Å². The molecule has 0 saturated carbocycles. The van der Waals surface area contributed by atoms with Gasteiger partial charge in [-0.05, 0) is 49.7 Å². The Labute approximate surface area is 101 Å². The van der Waals surface area contributed by atoms with Crippen LogP contribution >= 0.6 is 11.8 Å². The molecule has 0 aliphatic carbocycles. The zero-order valence-electron chi connectivity index (χ0n) is 9.48. The third kappa shape index (κ3) is 3.42. The van der Waals surface area contributed by atoms with Crippen molar-refractivity contribution in [2.45, 2.75) is 24.5 Å². The summed E-state index contributed by atoms with van der Waals surface area (Å²) < 4.78 is 0. The Bertz CT molecular complexity index is 323. The van der Waals surface area contributed by atoms with Gasteiger partial charge >= 0.3 is 0 Å². The summed E-state index contributed by atoms with van der Waals surface area (Å²) in [6.45, 7) is 2.32. The molecule has 16 heavy (non-hydrogen) atoms. The number of nitrogens with one attached hydrogen (secondary N) is 1. The van der Waals surface area contributed by atoms with Gasteiger partial charge in [0, 0.05) is 5.25 Å². The van der Waals surface area contributed by atoms with E-state index in [-0.39, 0.29) is 0 Å². The van der Waals surface area contributed by atoms with E-state index in [1.807, 2.05) is 30.0 Å². The van der Waals surface area contributed by atoms with Gasteiger partial charge in [-0.25, -0.2) is 0 Å². The Morgan fingerprint density at radius 1 is 1.25 bits per heavy atom. The number of para-hydroxylation sites is 1. The van der Waals surface area contributed by atoms with E-state index in [9.17, 15) is 5.11 Å². The lowest BCUT2D eigenvalue weighted by atomic mass is 10.1. The summed E-state index contributed by atoms with van der Waals surface area (Å²) in [6, 6.07) is 7.64. The largest absolute Gasteiger partial charge is 0.508 e. The highest BCUT2D eigenvalue weighted by molar-refractivity contribution is 7.99. The summed E-state index contributed by atoms with van der Waals surface area (Å²) in [5, 5.41) is 13.8. The number of aryl methyl sites for hydroxylation is 1. The lowest BCUT2D eigenvalue weighted by Gasteiger charge is -2.21. The summed E-state index contributed by atoms with van der Waals surface area (Å²) in [4.78, 5) is 0. The maximum atomic E-state index is 9.63. The third-order valence-electron chi connectivity index (χ3n) is 3.00. The monoisotopic (exact) mass is 237 g/mol. The first-order valence-corrected chi connectivity index (χ1v) is 7.00. The van der Waals surface area contributed by atoms with E-state index in [2.05, 4.69) is 5.32 Å². The van der Waals surface area contributed by atoms with Gasteiger partial charge in [-0.3, -0.25) is 0 Å². The second-order valence-corrected chi connectivity index (χ2v) is 5.61. The predicted octanol–water partition coefficient (Wildman–Crippen LogP) is 2.42. The van der Waals surface area contributed by atoms with Crippen LogP contribution in [-0.2, 0) is 6.42 Å². The zero-order chi connectivity index (χ0) is 11.2. The first-order chi connectivity index (χ1) is 7.86. The van der Waals surface area contributed by atoms with Crippen molar-refractivity contribution in [2.24, 2.45) is 0 Å². The molecule has 0 radical (unpaired) electrons. The zero-order valence-corrected chi connectivity index (χ0v) is 10.3. The molecule has 0 amide bonds. The average molecular weight is 237 g/mol. The van der Waals surface area contributed by atoms with E-state index in [0.717, 1.165) is 36.1 Å². The number of piperidine rings is 1. The van der Waals surface area contributed by atoms with Crippen molar-refractivity contribution in [1.82, 2.24) is 5.32 Å². The fourth-order valence-corrected chi connectivity index (χ4v) is 3.26. The molecule has 2 nitrogen and oxygen atoms in total. The van der Waals surface area contributed by atoms with Crippen LogP contribution in [0.4, 0.5) is 0 Å². The lowest BCUT2D eigenvalue weighted by molar-refractivity contribution is 0.469. The third-order valence-corrected chi connectivity index (χ3v) is 4.39. The van der Waals surface area contributed by atoms with E-state index in [4.69, 9.17) is 0 Å². The van der Waals surface area contributed by atoms with Crippen LogP contribution in [0, 0.1) is 0 Å². The molecule has 1 aromatic rings. The molecular weight excluding hydrogens is 218 g/mol. The predicted molar refractivity (Wildman–Crippen MR) is 70.2 cm³/mol. The first-order valence-electron chi connectivity index (χ1n) is 5.95. The Kier molecular flexibility index (Phi) is 4.55. The molecule has 1 fully saturated rings. The molecule has 3 heteroatoms. The van der Waals surface area contributed by atoms with Gasteiger partial charge in [-0.15, -0.1) is 0 Å². The number of rotatable bonds is 4. The Morgan fingerprint density at radius 2 is 2.00 bits per heavy atom. The van der Waals surface area contributed by atoms with Gasteiger partial charge in [0.25, 0.3) is 0 Å². The molecule has 88 valence electrons. The van der Waals surface area contributed by atoms with Gasteiger partial charge in [-0.2, -0.15) is 11.8 Å². The van der Waals surface area contributed by atoms with Gasteiger partial charge in [0.2, 0.25) is 0 Å². The van der Waals surface area contributed by atoms with Crippen LogP contribution in [-0.4, -0.2) is 29.2 Å². The Balaban J connectivity index is 1.73. The molecule has 1 aliphatic rings. The topological polar surface area (TPSA) is 32.3 Å². The number of phenolic OH excluding ortho intramolecular Hbond substituents is 1. The molecule has 1 aliphatic heterocycles. The number of hydrogen-bond donors (Lipinski definition) is 2. The first kappa shape index (κ1) is 11.8. The molecule has 1 aromatic carbocycles. The summed E-state index contributed by atoms with van der Waals surface area (Å²) in [5.74, 6) is 1.55. The molecule has 1 saturated heterocycles. The van der Waals surface area contributed by atoms with Crippen LogP contribution in [0.1, 0.15) is 18.4 Å². The van der Waals surface area contributed by atoms with Gasteiger partial charge in [0.1, 0.15) is 5.75 Å². The van der Waals surface area contributed by atoms with Gasteiger partial charge in [0.15, 0.2) is 0 Å².